The number of nitrogens with one attached hydrogen (secondary N) is 2. The van der Waals surface area contributed by atoms with E-state index in [9.17, 15) is 4.79 Å². The van der Waals surface area contributed by atoms with E-state index in [0.717, 1.165) is 18.5 Å². The fraction of sp³-hybridized carbons (Fsp3) is 0.333. The summed E-state index contributed by atoms with van der Waals surface area (Å²) in [7, 11) is 1.60. The van der Waals surface area contributed by atoms with Gasteiger partial charge in [0, 0.05) is 10.9 Å². The van der Waals surface area contributed by atoms with Crippen LogP contribution in [0.25, 0.3) is 0 Å². The standard InChI is InChI=1S/C18H22ClN3O2/c1-4-12(5-2)18(23)21-14-7-9-17(20-11-14)22-15-10-13(19)6-8-16(15)24-3/h6-12H,4-5H2,1-3H3,(H,20,22)(H,21,23). The summed E-state index contributed by atoms with van der Waals surface area (Å²) in [5.74, 6) is 1.36. The molecule has 1 heterocycles. The Morgan fingerprint density at radius 3 is 2.58 bits per heavy atom. The summed E-state index contributed by atoms with van der Waals surface area (Å²) in [6.07, 6.45) is 3.27. The summed E-state index contributed by atoms with van der Waals surface area (Å²) < 4.78 is 5.29. The third kappa shape index (κ3) is 4.61. The number of rotatable bonds is 7. The molecule has 6 heteroatoms. The van der Waals surface area contributed by atoms with Crippen LogP contribution in [0, 0.1) is 5.92 Å². The lowest BCUT2D eigenvalue weighted by Gasteiger charge is -2.13. The summed E-state index contributed by atoms with van der Waals surface area (Å²) in [6, 6.07) is 8.92. The zero-order chi connectivity index (χ0) is 17.5. The molecular weight excluding hydrogens is 326 g/mol. The molecule has 2 rings (SSSR count). The summed E-state index contributed by atoms with van der Waals surface area (Å²) in [5.41, 5.74) is 1.40. The van der Waals surface area contributed by atoms with Crippen LogP contribution in [0.1, 0.15) is 26.7 Å². The quantitative estimate of drug-likeness (QED) is 0.750. The number of amides is 1. The minimum Gasteiger partial charge on any atom is -0.495 e. The summed E-state index contributed by atoms with van der Waals surface area (Å²) in [5, 5.41) is 6.65. The van der Waals surface area contributed by atoms with Crippen LogP contribution in [0.3, 0.4) is 0 Å². The molecule has 5 nitrogen and oxygen atoms in total. The second-order valence-electron chi connectivity index (χ2n) is 5.40. The average molecular weight is 348 g/mol. The Bertz CT molecular complexity index is 685. The Hall–Kier alpha value is -2.27. The van der Waals surface area contributed by atoms with Gasteiger partial charge in [-0.3, -0.25) is 4.79 Å². The van der Waals surface area contributed by atoms with Gasteiger partial charge in [0.2, 0.25) is 5.91 Å². The topological polar surface area (TPSA) is 63.2 Å². The molecule has 0 atom stereocenters. The zero-order valence-electron chi connectivity index (χ0n) is 14.1. The maximum absolute atomic E-state index is 12.1. The molecule has 0 aliphatic rings. The first-order valence-corrected chi connectivity index (χ1v) is 8.32. The molecule has 1 aromatic heterocycles. The van der Waals surface area contributed by atoms with Gasteiger partial charge in [-0.2, -0.15) is 0 Å². The molecule has 2 aromatic rings. The molecule has 1 amide bonds. The first-order valence-electron chi connectivity index (χ1n) is 7.94. The largest absolute Gasteiger partial charge is 0.495 e. The summed E-state index contributed by atoms with van der Waals surface area (Å²) in [6.45, 7) is 4.02. The first kappa shape index (κ1) is 18.1. The van der Waals surface area contributed by atoms with Crippen LogP contribution in [0.15, 0.2) is 36.5 Å². The van der Waals surface area contributed by atoms with Gasteiger partial charge in [-0.05, 0) is 43.2 Å². The molecule has 0 aliphatic heterocycles. The predicted octanol–water partition coefficient (Wildman–Crippen LogP) is 4.86. The molecule has 0 saturated heterocycles. The van der Waals surface area contributed by atoms with Crippen LogP contribution < -0.4 is 15.4 Å². The van der Waals surface area contributed by atoms with Crippen molar-refractivity contribution in [1.82, 2.24) is 4.98 Å². The minimum absolute atomic E-state index is 0.0264. The van der Waals surface area contributed by atoms with Crippen molar-refractivity contribution in [3.05, 3.63) is 41.6 Å². The van der Waals surface area contributed by atoms with Gasteiger partial charge < -0.3 is 15.4 Å². The molecule has 0 bridgehead atoms. The molecule has 0 radical (unpaired) electrons. The van der Waals surface area contributed by atoms with Gasteiger partial charge in [-0.15, -0.1) is 0 Å². The van der Waals surface area contributed by atoms with Gasteiger partial charge in [0.1, 0.15) is 11.6 Å². The van der Waals surface area contributed by atoms with Crippen molar-refractivity contribution >= 4 is 34.7 Å². The number of methoxy groups -OCH3 is 1. The highest BCUT2D eigenvalue weighted by atomic mass is 35.5. The van der Waals surface area contributed by atoms with Crippen LogP contribution in [-0.4, -0.2) is 18.0 Å². The van der Waals surface area contributed by atoms with Gasteiger partial charge in [-0.1, -0.05) is 25.4 Å². The van der Waals surface area contributed by atoms with Gasteiger partial charge in [0.25, 0.3) is 0 Å². The number of benzene rings is 1. The molecule has 0 aliphatic carbocycles. The van der Waals surface area contributed by atoms with Crippen LogP contribution in [-0.2, 0) is 4.79 Å². The maximum atomic E-state index is 12.1. The van der Waals surface area contributed by atoms with Crippen molar-refractivity contribution in [2.45, 2.75) is 26.7 Å². The number of carbonyl (C=O) groups is 1. The van der Waals surface area contributed by atoms with Crippen molar-refractivity contribution < 1.29 is 9.53 Å². The van der Waals surface area contributed by atoms with Crippen LogP contribution in [0.4, 0.5) is 17.2 Å². The third-order valence-corrected chi connectivity index (χ3v) is 4.05. The highest BCUT2D eigenvalue weighted by Crippen LogP contribution is 2.30. The lowest BCUT2D eigenvalue weighted by atomic mass is 10.0. The van der Waals surface area contributed by atoms with E-state index in [-0.39, 0.29) is 11.8 Å². The molecule has 2 N–H and O–H groups in total. The number of anilines is 3. The van der Waals surface area contributed by atoms with Crippen LogP contribution in [0.5, 0.6) is 5.75 Å². The van der Waals surface area contributed by atoms with E-state index in [1.54, 1.807) is 37.6 Å². The molecule has 128 valence electrons. The van der Waals surface area contributed by atoms with E-state index in [1.165, 1.54) is 0 Å². The average Bonchev–Trinajstić information content (AvgIpc) is 2.58. The van der Waals surface area contributed by atoms with Crippen molar-refractivity contribution in [2.75, 3.05) is 17.7 Å². The van der Waals surface area contributed by atoms with Gasteiger partial charge in [0.05, 0.1) is 24.7 Å². The predicted molar refractivity (Wildman–Crippen MR) is 98.2 cm³/mol. The number of carbonyl (C=O) groups excluding carboxylic acids is 1. The van der Waals surface area contributed by atoms with E-state index in [2.05, 4.69) is 15.6 Å². The van der Waals surface area contributed by atoms with E-state index >= 15 is 0 Å². The van der Waals surface area contributed by atoms with Gasteiger partial charge >= 0.3 is 0 Å². The molecule has 24 heavy (non-hydrogen) atoms. The number of hydrogen-bond acceptors (Lipinski definition) is 4. The van der Waals surface area contributed by atoms with E-state index in [4.69, 9.17) is 16.3 Å². The van der Waals surface area contributed by atoms with Crippen molar-refractivity contribution in [1.29, 1.82) is 0 Å². The fourth-order valence-corrected chi connectivity index (χ4v) is 2.53. The lowest BCUT2D eigenvalue weighted by molar-refractivity contribution is -0.120. The molecular formula is C18H22ClN3O2. The van der Waals surface area contributed by atoms with E-state index in [0.29, 0.717) is 22.3 Å². The molecule has 0 fully saturated rings. The summed E-state index contributed by atoms with van der Waals surface area (Å²) in [4.78, 5) is 16.4. The summed E-state index contributed by atoms with van der Waals surface area (Å²) >= 11 is 6.02. The Morgan fingerprint density at radius 1 is 1.25 bits per heavy atom. The molecule has 0 unspecified atom stereocenters. The maximum Gasteiger partial charge on any atom is 0.227 e. The smallest absolute Gasteiger partial charge is 0.227 e. The number of pyridine rings is 1. The molecule has 0 saturated carbocycles. The Kier molecular flexibility index (Phi) is 6.44. The van der Waals surface area contributed by atoms with E-state index < -0.39 is 0 Å². The normalized spacial score (nSPS) is 10.5. The van der Waals surface area contributed by atoms with Gasteiger partial charge in [-0.25, -0.2) is 4.98 Å². The van der Waals surface area contributed by atoms with Crippen molar-refractivity contribution in [3.63, 3.8) is 0 Å². The van der Waals surface area contributed by atoms with Crippen molar-refractivity contribution in [2.24, 2.45) is 5.92 Å². The lowest BCUT2D eigenvalue weighted by Crippen LogP contribution is -2.21. The number of ether oxygens (including phenoxy) is 1. The molecule has 0 spiro atoms. The Balaban J connectivity index is 2.07. The Labute approximate surface area is 147 Å². The first-order chi connectivity index (χ1) is 11.6. The highest BCUT2D eigenvalue weighted by Gasteiger charge is 2.14. The second-order valence-corrected chi connectivity index (χ2v) is 5.84. The molecule has 1 aromatic carbocycles. The number of aromatic nitrogens is 1. The van der Waals surface area contributed by atoms with Crippen LogP contribution >= 0.6 is 11.6 Å². The number of halogens is 1. The third-order valence-electron chi connectivity index (χ3n) is 3.81. The van der Waals surface area contributed by atoms with Crippen molar-refractivity contribution in [3.8, 4) is 5.75 Å². The number of nitrogens with zero attached hydrogens (tertiary/aromatic N) is 1. The minimum atomic E-state index is 0.0264. The second kappa shape index (κ2) is 8.55. The fourth-order valence-electron chi connectivity index (χ4n) is 2.36. The Morgan fingerprint density at radius 2 is 2.00 bits per heavy atom. The van der Waals surface area contributed by atoms with E-state index in [1.807, 2.05) is 19.9 Å². The van der Waals surface area contributed by atoms with Gasteiger partial charge in [0.15, 0.2) is 0 Å². The number of hydrogen-bond donors (Lipinski definition) is 2. The zero-order valence-corrected chi connectivity index (χ0v) is 14.9. The highest BCUT2D eigenvalue weighted by molar-refractivity contribution is 6.31. The van der Waals surface area contributed by atoms with Crippen LogP contribution in [0.2, 0.25) is 5.02 Å². The SMILES string of the molecule is CCC(CC)C(=O)Nc1ccc(Nc2cc(Cl)ccc2OC)nc1. The monoisotopic (exact) mass is 347 g/mol.